The van der Waals surface area contributed by atoms with E-state index >= 15 is 0 Å². The summed E-state index contributed by atoms with van der Waals surface area (Å²) in [5.74, 6) is 0.379. The number of hydrogen-bond donors (Lipinski definition) is 0. The first-order valence-corrected chi connectivity index (χ1v) is 4.86. The van der Waals surface area contributed by atoms with Gasteiger partial charge in [-0.25, -0.2) is 0 Å². The van der Waals surface area contributed by atoms with E-state index in [9.17, 15) is 4.79 Å². The van der Waals surface area contributed by atoms with Gasteiger partial charge in [0, 0.05) is 25.4 Å². The highest BCUT2D eigenvalue weighted by molar-refractivity contribution is 5.81. The Bertz CT molecular complexity index is 336. The van der Waals surface area contributed by atoms with Gasteiger partial charge in [0.25, 0.3) is 0 Å². The first-order valence-electron chi connectivity index (χ1n) is 4.86. The summed E-state index contributed by atoms with van der Waals surface area (Å²) in [5.41, 5.74) is 1.13. The third-order valence-corrected chi connectivity index (χ3v) is 2.88. The van der Waals surface area contributed by atoms with Crippen molar-refractivity contribution in [2.45, 2.75) is 19.4 Å². The molecule has 0 aliphatic carbocycles. The van der Waals surface area contributed by atoms with Crippen LogP contribution in [0.15, 0.2) is 24.5 Å². The number of aromatic nitrogens is 1. The fraction of sp³-hybridized carbons (Fsp3) is 0.455. The molecule has 1 fully saturated rings. The quantitative estimate of drug-likeness (QED) is 0.674. The molecule has 0 N–H and O–H groups in total. The van der Waals surface area contributed by atoms with Crippen LogP contribution in [0, 0.1) is 5.92 Å². The second-order valence-corrected chi connectivity index (χ2v) is 3.89. The highest BCUT2D eigenvalue weighted by Crippen LogP contribution is 2.34. The molecule has 1 aliphatic heterocycles. The molecule has 74 valence electrons. The van der Waals surface area contributed by atoms with Crippen molar-refractivity contribution in [3.05, 3.63) is 30.1 Å². The van der Waals surface area contributed by atoms with Crippen molar-refractivity contribution in [2.75, 3.05) is 7.05 Å². The second kappa shape index (κ2) is 3.40. The maximum atomic E-state index is 11.6. The lowest BCUT2D eigenvalue weighted by atomic mass is 10.0. The Morgan fingerprint density at radius 1 is 1.57 bits per heavy atom. The Balaban J connectivity index is 2.26. The van der Waals surface area contributed by atoms with E-state index < -0.39 is 0 Å². The minimum atomic E-state index is 0.144. The summed E-state index contributed by atoms with van der Waals surface area (Å²) in [6.07, 6.45) is 4.50. The highest BCUT2D eigenvalue weighted by Gasteiger charge is 2.34. The molecule has 2 atom stereocenters. The van der Waals surface area contributed by atoms with Crippen LogP contribution in [0.25, 0.3) is 0 Å². The molecule has 3 heteroatoms. The summed E-state index contributed by atoms with van der Waals surface area (Å²) in [6, 6.07) is 4.15. The van der Waals surface area contributed by atoms with E-state index in [0.717, 1.165) is 12.0 Å². The van der Waals surface area contributed by atoms with Crippen molar-refractivity contribution >= 4 is 5.91 Å². The fourth-order valence-corrected chi connectivity index (χ4v) is 2.03. The third-order valence-electron chi connectivity index (χ3n) is 2.88. The topological polar surface area (TPSA) is 33.2 Å². The number of amides is 1. The number of carbonyl (C=O) groups is 1. The molecule has 0 aromatic carbocycles. The number of likely N-dealkylation sites (tertiary alicyclic amines) is 1. The van der Waals surface area contributed by atoms with Gasteiger partial charge in [0.15, 0.2) is 0 Å². The summed E-state index contributed by atoms with van der Waals surface area (Å²) in [7, 11) is 1.86. The highest BCUT2D eigenvalue weighted by atomic mass is 16.2. The molecule has 1 amide bonds. The van der Waals surface area contributed by atoms with Crippen molar-refractivity contribution in [1.29, 1.82) is 0 Å². The summed E-state index contributed by atoms with van der Waals surface area (Å²) in [6.45, 7) is 1.98. The van der Waals surface area contributed by atoms with Crippen LogP contribution in [-0.2, 0) is 4.79 Å². The van der Waals surface area contributed by atoms with E-state index in [1.807, 2.05) is 37.2 Å². The molecule has 3 nitrogen and oxygen atoms in total. The molecular formula is C11H14N2O. The largest absolute Gasteiger partial charge is 0.338 e. The molecule has 1 saturated heterocycles. The minimum absolute atomic E-state index is 0.144. The van der Waals surface area contributed by atoms with Crippen molar-refractivity contribution in [1.82, 2.24) is 9.88 Å². The standard InChI is InChI=1S/C11H14N2O/c1-8-6-10(13(2)11(8)14)9-4-3-5-12-7-9/h3-5,7-8,10H,6H2,1-2H3/t8-,10?/m1/s1. The maximum absolute atomic E-state index is 11.6. The number of pyridine rings is 1. The van der Waals surface area contributed by atoms with Crippen LogP contribution in [-0.4, -0.2) is 22.8 Å². The molecule has 1 aromatic heterocycles. The van der Waals surface area contributed by atoms with Crippen LogP contribution in [0.4, 0.5) is 0 Å². The van der Waals surface area contributed by atoms with E-state index in [2.05, 4.69) is 4.98 Å². The van der Waals surface area contributed by atoms with Gasteiger partial charge in [0.05, 0.1) is 6.04 Å². The molecule has 0 spiro atoms. The second-order valence-electron chi connectivity index (χ2n) is 3.89. The van der Waals surface area contributed by atoms with Crippen molar-refractivity contribution in [3.8, 4) is 0 Å². The molecule has 0 bridgehead atoms. The molecular weight excluding hydrogens is 176 g/mol. The van der Waals surface area contributed by atoms with Gasteiger partial charge in [-0.15, -0.1) is 0 Å². The van der Waals surface area contributed by atoms with Crippen LogP contribution in [0.1, 0.15) is 24.9 Å². The first kappa shape index (κ1) is 9.19. The SMILES string of the molecule is C[C@@H]1CC(c2cccnc2)N(C)C1=O. The first-order chi connectivity index (χ1) is 6.70. The van der Waals surface area contributed by atoms with Gasteiger partial charge >= 0.3 is 0 Å². The van der Waals surface area contributed by atoms with Crippen molar-refractivity contribution in [2.24, 2.45) is 5.92 Å². The van der Waals surface area contributed by atoms with Crippen molar-refractivity contribution in [3.63, 3.8) is 0 Å². The Kier molecular flexibility index (Phi) is 2.23. The van der Waals surface area contributed by atoms with E-state index in [0.29, 0.717) is 0 Å². The monoisotopic (exact) mass is 190 g/mol. The van der Waals surface area contributed by atoms with Gasteiger partial charge in [-0.3, -0.25) is 9.78 Å². The number of hydrogen-bond acceptors (Lipinski definition) is 2. The van der Waals surface area contributed by atoms with Crippen molar-refractivity contribution < 1.29 is 4.79 Å². The molecule has 1 aliphatic rings. The van der Waals surface area contributed by atoms with E-state index in [4.69, 9.17) is 0 Å². The third kappa shape index (κ3) is 1.39. The smallest absolute Gasteiger partial charge is 0.225 e. The van der Waals surface area contributed by atoms with Crippen LogP contribution in [0.2, 0.25) is 0 Å². The summed E-state index contributed by atoms with van der Waals surface area (Å²) >= 11 is 0. The lowest BCUT2D eigenvalue weighted by Crippen LogP contribution is -2.24. The molecule has 14 heavy (non-hydrogen) atoms. The zero-order valence-corrected chi connectivity index (χ0v) is 8.47. The van der Waals surface area contributed by atoms with E-state index in [1.165, 1.54) is 0 Å². The molecule has 2 rings (SSSR count). The Morgan fingerprint density at radius 2 is 2.36 bits per heavy atom. The van der Waals surface area contributed by atoms with Crippen LogP contribution < -0.4 is 0 Å². The molecule has 2 heterocycles. The predicted molar refractivity (Wildman–Crippen MR) is 53.5 cm³/mol. The summed E-state index contributed by atoms with van der Waals surface area (Å²) in [4.78, 5) is 17.5. The van der Waals surface area contributed by atoms with Crippen LogP contribution in [0.5, 0.6) is 0 Å². The Morgan fingerprint density at radius 3 is 2.86 bits per heavy atom. The zero-order valence-electron chi connectivity index (χ0n) is 8.47. The number of nitrogens with zero attached hydrogens (tertiary/aromatic N) is 2. The molecule has 0 radical (unpaired) electrons. The van der Waals surface area contributed by atoms with E-state index in [-0.39, 0.29) is 17.9 Å². The zero-order chi connectivity index (χ0) is 10.1. The molecule has 0 saturated carbocycles. The molecule has 1 aromatic rings. The molecule has 1 unspecified atom stereocenters. The normalized spacial score (nSPS) is 27.0. The Labute approximate surface area is 83.8 Å². The minimum Gasteiger partial charge on any atom is -0.338 e. The summed E-state index contributed by atoms with van der Waals surface area (Å²) < 4.78 is 0. The van der Waals surface area contributed by atoms with Gasteiger partial charge in [0.1, 0.15) is 0 Å². The van der Waals surface area contributed by atoms with E-state index in [1.54, 1.807) is 6.20 Å². The predicted octanol–water partition coefficient (Wildman–Crippen LogP) is 1.62. The maximum Gasteiger partial charge on any atom is 0.225 e. The fourth-order valence-electron chi connectivity index (χ4n) is 2.03. The average molecular weight is 190 g/mol. The van der Waals surface area contributed by atoms with Gasteiger partial charge in [-0.2, -0.15) is 0 Å². The summed E-state index contributed by atoms with van der Waals surface area (Å²) in [5, 5.41) is 0. The lowest BCUT2D eigenvalue weighted by Gasteiger charge is -2.19. The Hall–Kier alpha value is -1.38. The van der Waals surface area contributed by atoms with Crippen LogP contribution in [0.3, 0.4) is 0 Å². The number of rotatable bonds is 1. The van der Waals surface area contributed by atoms with Crippen LogP contribution >= 0.6 is 0 Å². The average Bonchev–Trinajstić information content (AvgIpc) is 2.47. The number of carbonyl (C=O) groups excluding carboxylic acids is 1. The van der Waals surface area contributed by atoms with Gasteiger partial charge in [-0.1, -0.05) is 13.0 Å². The van der Waals surface area contributed by atoms with Gasteiger partial charge in [0.2, 0.25) is 5.91 Å². The lowest BCUT2D eigenvalue weighted by molar-refractivity contribution is -0.130. The van der Waals surface area contributed by atoms with Gasteiger partial charge < -0.3 is 4.90 Å². The van der Waals surface area contributed by atoms with Gasteiger partial charge in [-0.05, 0) is 18.1 Å².